The Balaban J connectivity index is 1.70. The second-order valence-corrected chi connectivity index (χ2v) is 7.20. The summed E-state index contributed by atoms with van der Waals surface area (Å²) in [6.07, 6.45) is 0. The summed E-state index contributed by atoms with van der Waals surface area (Å²) >= 11 is 0. The Hall–Kier alpha value is -2.11. The minimum Gasteiger partial charge on any atom is -0.436 e. The first-order valence-corrected chi connectivity index (χ1v) is 8.17. The Morgan fingerprint density at radius 2 is 1.58 bits per heavy atom. The summed E-state index contributed by atoms with van der Waals surface area (Å²) in [5.74, 6) is 0.606. The molecule has 1 fully saturated rings. The number of aromatic nitrogens is 1. The van der Waals surface area contributed by atoms with Crippen molar-refractivity contribution in [3.8, 4) is 11.5 Å². The first-order valence-electron chi connectivity index (χ1n) is 8.17. The Bertz CT molecular complexity index is 851. The molecular formula is C19H20BNO3. The van der Waals surface area contributed by atoms with Gasteiger partial charge in [0.25, 0.3) is 0 Å². The standard InChI is InChI=1S/C19H20BNO3/c1-18(2)19(3,4)24-20(23-18)14-9-7-8-13(12-14)17-21-15-10-5-6-11-16(15)22-17/h5-12H,1-4H3. The predicted molar refractivity (Wildman–Crippen MR) is 95.2 cm³/mol. The van der Waals surface area contributed by atoms with E-state index in [1.807, 2.05) is 48.5 Å². The van der Waals surface area contributed by atoms with E-state index in [-0.39, 0.29) is 18.3 Å². The molecule has 0 saturated carbocycles. The van der Waals surface area contributed by atoms with Crippen molar-refractivity contribution in [1.82, 2.24) is 4.98 Å². The molecule has 1 aromatic heterocycles. The molecule has 2 heterocycles. The maximum Gasteiger partial charge on any atom is 0.494 e. The molecule has 0 N–H and O–H groups in total. The highest BCUT2D eigenvalue weighted by Crippen LogP contribution is 2.36. The largest absolute Gasteiger partial charge is 0.494 e. The zero-order valence-electron chi connectivity index (χ0n) is 14.4. The van der Waals surface area contributed by atoms with Gasteiger partial charge in [0.2, 0.25) is 5.89 Å². The van der Waals surface area contributed by atoms with Gasteiger partial charge in [0, 0.05) is 5.56 Å². The van der Waals surface area contributed by atoms with Crippen LogP contribution in [0.1, 0.15) is 27.7 Å². The molecule has 0 spiro atoms. The van der Waals surface area contributed by atoms with Crippen molar-refractivity contribution in [2.75, 3.05) is 0 Å². The van der Waals surface area contributed by atoms with Crippen LogP contribution in [-0.4, -0.2) is 23.3 Å². The van der Waals surface area contributed by atoms with Crippen molar-refractivity contribution in [2.24, 2.45) is 0 Å². The highest BCUT2D eigenvalue weighted by molar-refractivity contribution is 6.62. The van der Waals surface area contributed by atoms with Crippen molar-refractivity contribution in [2.45, 2.75) is 38.9 Å². The number of nitrogens with zero attached hydrogens (tertiary/aromatic N) is 1. The van der Waals surface area contributed by atoms with Gasteiger partial charge in [-0.2, -0.15) is 0 Å². The predicted octanol–water partition coefficient (Wildman–Crippen LogP) is 3.79. The molecule has 1 aliphatic rings. The van der Waals surface area contributed by atoms with Crippen LogP contribution < -0.4 is 5.46 Å². The van der Waals surface area contributed by atoms with Gasteiger partial charge < -0.3 is 13.7 Å². The Morgan fingerprint density at radius 1 is 0.875 bits per heavy atom. The van der Waals surface area contributed by atoms with Crippen LogP contribution in [-0.2, 0) is 9.31 Å². The van der Waals surface area contributed by atoms with Crippen LogP contribution in [0.2, 0.25) is 0 Å². The number of fused-ring (bicyclic) bond motifs is 1. The fourth-order valence-corrected chi connectivity index (χ4v) is 2.79. The molecule has 1 saturated heterocycles. The van der Waals surface area contributed by atoms with Crippen LogP contribution in [0.25, 0.3) is 22.6 Å². The molecule has 4 nitrogen and oxygen atoms in total. The summed E-state index contributed by atoms with van der Waals surface area (Å²) in [4.78, 5) is 4.56. The maximum absolute atomic E-state index is 6.13. The van der Waals surface area contributed by atoms with Crippen LogP contribution in [0.4, 0.5) is 0 Å². The molecule has 0 atom stereocenters. The second kappa shape index (κ2) is 5.20. The SMILES string of the molecule is CC1(C)OB(c2cccc(-c3nc4ccccc4o3)c2)OC1(C)C. The third-order valence-electron chi connectivity index (χ3n) is 4.95. The number of oxazole rings is 1. The average Bonchev–Trinajstić information content (AvgIpc) is 3.06. The summed E-state index contributed by atoms with van der Waals surface area (Å²) in [5.41, 5.74) is 2.81. The Labute approximate surface area is 141 Å². The van der Waals surface area contributed by atoms with E-state index < -0.39 is 0 Å². The van der Waals surface area contributed by atoms with Crippen LogP contribution >= 0.6 is 0 Å². The Kier molecular flexibility index (Phi) is 3.34. The lowest BCUT2D eigenvalue weighted by Gasteiger charge is -2.32. The van der Waals surface area contributed by atoms with Gasteiger partial charge in [-0.15, -0.1) is 0 Å². The minimum atomic E-state index is -0.390. The van der Waals surface area contributed by atoms with E-state index in [0.29, 0.717) is 5.89 Å². The molecule has 4 rings (SSSR count). The topological polar surface area (TPSA) is 44.5 Å². The smallest absolute Gasteiger partial charge is 0.436 e. The highest BCUT2D eigenvalue weighted by atomic mass is 16.7. The van der Waals surface area contributed by atoms with Gasteiger partial charge in [-0.1, -0.05) is 24.3 Å². The molecule has 0 amide bonds. The zero-order valence-corrected chi connectivity index (χ0v) is 14.4. The van der Waals surface area contributed by atoms with Gasteiger partial charge >= 0.3 is 7.12 Å². The van der Waals surface area contributed by atoms with E-state index in [1.165, 1.54) is 0 Å². The van der Waals surface area contributed by atoms with E-state index in [0.717, 1.165) is 22.1 Å². The lowest BCUT2D eigenvalue weighted by molar-refractivity contribution is 0.00578. The van der Waals surface area contributed by atoms with Crippen molar-refractivity contribution in [3.05, 3.63) is 48.5 Å². The van der Waals surface area contributed by atoms with Gasteiger partial charge in [0.1, 0.15) is 5.52 Å². The monoisotopic (exact) mass is 321 g/mol. The summed E-state index contributed by atoms with van der Waals surface area (Å²) in [6.45, 7) is 8.21. The molecule has 122 valence electrons. The van der Waals surface area contributed by atoms with Crippen LogP contribution in [0.15, 0.2) is 52.9 Å². The zero-order chi connectivity index (χ0) is 16.9. The minimum absolute atomic E-state index is 0.356. The number of para-hydroxylation sites is 2. The quantitative estimate of drug-likeness (QED) is 0.674. The molecular weight excluding hydrogens is 301 g/mol. The van der Waals surface area contributed by atoms with Crippen LogP contribution in [0.5, 0.6) is 0 Å². The molecule has 0 unspecified atom stereocenters. The second-order valence-electron chi connectivity index (χ2n) is 7.20. The number of hydrogen-bond acceptors (Lipinski definition) is 4. The fraction of sp³-hybridized carbons (Fsp3) is 0.316. The van der Waals surface area contributed by atoms with Crippen molar-refractivity contribution >= 4 is 23.7 Å². The van der Waals surface area contributed by atoms with Gasteiger partial charge in [-0.05, 0) is 57.4 Å². The molecule has 0 radical (unpaired) electrons. The first-order chi connectivity index (χ1) is 11.4. The highest BCUT2D eigenvalue weighted by Gasteiger charge is 2.51. The number of benzene rings is 2. The lowest BCUT2D eigenvalue weighted by atomic mass is 9.78. The summed E-state index contributed by atoms with van der Waals surface area (Å²) in [7, 11) is -0.390. The third-order valence-corrected chi connectivity index (χ3v) is 4.95. The van der Waals surface area contributed by atoms with Crippen LogP contribution in [0, 0.1) is 0 Å². The maximum atomic E-state index is 6.13. The van der Waals surface area contributed by atoms with E-state index in [1.54, 1.807) is 0 Å². The molecule has 0 bridgehead atoms. The summed E-state index contributed by atoms with van der Waals surface area (Å²) in [6, 6.07) is 15.8. The number of rotatable bonds is 2. The number of hydrogen-bond donors (Lipinski definition) is 0. The molecule has 1 aliphatic heterocycles. The van der Waals surface area contributed by atoms with E-state index in [9.17, 15) is 0 Å². The van der Waals surface area contributed by atoms with Gasteiger partial charge in [-0.3, -0.25) is 0 Å². The van der Waals surface area contributed by atoms with Gasteiger partial charge in [0.15, 0.2) is 5.58 Å². The van der Waals surface area contributed by atoms with Crippen LogP contribution in [0.3, 0.4) is 0 Å². The molecule has 24 heavy (non-hydrogen) atoms. The third kappa shape index (κ3) is 2.45. The van der Waals surface area contributed by atoms with Gasteiger partial charge in [-0.25, -0.2) is 4.98 Å². The Morgan fingerprint density at radius 3 is 2.29 bits per heavy atom. The summed E-state index contributed by atoms with van der Waals surface area (Å²) in [5, 5.41) is 0. The van der Waals surface area contributed by atoms with Crippen molar-refractivity contribution in [1.29, 1.82) is 0 Å². The molecule has 3 aromatic rings. The van der Waals surface area contributed by atoms with E-state index >= 15 is 0 Å². The summed E-state index contributed by atoms with van der Waals surface area (Å²) < 4.78 is 18.1. The van der Waals surface area contributed by atoms with Crippen molar-refractivity contribution < 1.29 is 13.7 Å². The van der Waals surface area contributed by atoms with E-state index in [4.69, 9.17) is 13.7 Å². The lowest BCUT2D eigenvalue weighted by Crippen LogP contribution is -2.41. The molecule has 0 aliphatic carbocycles. The van der Waals surface area contributed by atoms with Gasteiger partial charge in [0.05, 0.1) is 11.2 Å². The average molecular weight is 321 g/mol. The molecule has 2 aromatic carbocycles. The van der Waals surface area contributed by atoms with Crippen molar-refractivity contribution in [3.63, 3.8) is 0 Å². The first kappa shape index (κ1) is 15.4. The normalized spacial score (nSPS) is 19.1. The molecule has 5 heteroatoms. The van der Waals surface area contributed by atoms with E-state index in [2.05, 4.69) is 32.7 Å². The fourth-order valence-electron chi connectivity index (χ4n) is 2.79.